The number of hydrogen-bond acceptors (Lipinski definition) is 6. The first-order valence-corrected chi connectivity index (χ1v) is 12.1. The lowest BCUT2D eigenvalue weighted by molar-refractivity contribution is 0.716. The van der Waals surface area contributed by atoms with Crippen molar-refractivity contribution in [2.75, 3.05) is 10.6 Å². The van der Waals surface area contributed by atoms with Crippen LogP contribution in [0.4, 0.5) is 11.8 Å². The topological polar surface area (TPSA) is 84.7 Å². The monoisotopic (exact) mass is 452 g/mol. The minimum absolute atomic E-state index is 0.0577. The van der Waals surface area contributed by atoms with Crippen LogP contribution in [0.3, 0.4) is 0 Å². The third-order valence-corrected chi connectivity index (χ3v) is 7.00. The van der Waals surface area contributed by atoms with Crippen molar-refractivity contribution >= 4 is 22.7 Å². The van der Waals surface area contributed by atoms with E-state index in [1.165, 1.54) is 18.4 Å². The first kappa shape index (κ1) is 20.8. The van der Waals surface area contributed by atoms with E-state index in [-0.39, 0.29) is 5.56 Å². The van der Waals surface area contributed by atoms with E-state index in [0.717, 1.165) is 47.2 Å². The van der Waals surface area contributed by atoms with Gasteiger partial charge in [-0.3, -0.25) is 9.36 Å². The molecule has 3 heterocycles. The van der Waals surface area contributed by atoms with Crippen LogP contribution in [-0.2, 0) is 0 Å². The number of fused-ring (bicyclic) bond motifs is 1. The van der Waals surface area contributed by atoms with Gasteiger partial charge in [0.05, 0.1) is 17.4 Å². The number of hydrogen-bond donors (Lipinski definition) is 2. The van der Waals surface area contributed by atoms with Crippen LogP contribution in [0.25, 0.3) is 16.6 Å². The van der Waals surface area contributed by atoms with Gasteiger partial charge in [0.25, 0.3) is 5.56 Å². The van der Waals surface area contributed by atoms with Crippen molar-refractivity contribution < 1.29 is 0 Å². The van der Waals surface area contributed by atoms with E-state index < -0.39 is 0 Å². The van der Waals surface area contributed by atoms with Crippen molar-refractivity contribution in [3.63, 3.8) is 0 Å². The predicted octanol–water partition coefficient (Wildman–Crippen LogP) is 4.81. The Bertz CT molecular complexity index is 1380. The van der Waals surface area contributed by atoms with Gasteiger partial charge in [-0.1, -0.05) is 12.1 Å². The Hall–Kier alpha value is -3.74. The maximum absolute atomic E-state index is 12.7. The van der Waals surface area contributed by atoms with E-state index in [1.54, 1.807) is 16.8 Å². The average molecular weight is 453 g/mol. The van der Waals surface area contributed by atoms with Gasteiger partial charge >= 0.3 is 0 Å². The van der Waals surface area contributed by atoms with Gasteiger partial charge in [0, 0.05) is 35.9 Å². The highest BCUT2D eigenvalue weighted by Gasteiger charge is 2.26. The molecule has 2 saturated carbocycles. The van der Waals surface area contributed by atoms with Crippen LogP contribution >= 0.6 is 0 Å². The number of rotatable bonds is 6. The van der Waals surface area contributed by atoms with Crippen molar-refractivity contribution in [1.82, 2.24) is 19.5 Å². The summed E-state index contributed by atoms with van der Waals surface area (Å²) >= 11 is 0. The van der Waals surface area contributed by atoms with Gasteiger partial charge in [0.1, 0.15) is 5.82 Å². The summed E-state index contributed by atoms with van der Waals surface area (Å²) in [7, 11) is 0. The van der Waals surface area contributed by atoms with Gasteiger partial charge in [0.2, 0.25) is 5.95 Å². The van der Waals surface area contributed by atoms with Gasteiger partial charge in [-0.15, -0.1) is 0 Å². The fourth-order valence-corrected chi connectivity index (χ4v) is 4.97. The number of nitrogens with zero attached hydrogens (tertiary/aromatic N) is 4. The molecule has 1 aromatic carbocycles. The molecule has 0 amide bonds. The van der Waals surface area contributed by atoms with Crippen LogP contribution in [-0.4, -0.2) is 31.6 Å². The summed E-state index contributed by atoms with van der Waals surface area (Å²) in [6, 6.07) is 14.1. The minimum atomic E-state index is -0.0577. The van der Waals surface area contributed by atoms with E-state index in [2.05, 4.69) is 38.6 Å². The second-order valence-electron chi connectivity index (χ2n) is 9.53. The largest absolute Gasteiger partial charge is 0.367 e. The van der Waals surface area contributed by atoms with Crippen LogP contribution in [0.2, 0.25) is 0 Å². The Morgan fingerprint density at radius 3 is 2.38 bits per heavy atom. The Morgan fingerprint density at radius 1 is 0.853 bits per heavy atom. The van der Waals surface area contributed by atoms with Crippen LogP contribution in [0, 0.1) is 6.92 Å². The summed E-state index contributed by atoms with van der Waals surface area (Å²) in [5, 5.41) is 8.10. The first-order valence-electron chi connectivity index (χ1n) is 12.1. The Labute approximate surface area is 198 Å². The molecule has 4 aromatic rings. The van der Waals surface area contributed by atoms with Crippen molar-refractivity contribution in [2.45, 2.75) is 57.0 Å². The predicted molar refractivity (Wildman–Crippen MR) is 135 cm³/mol. The number of nitrogens with one attached hydrogen (secondary N) is 2. The second-order valence-corrected chi connectivity index (χ2v) is 9.53. The molecule has 2 atom stereocenters. The van der Waals surface area contributed by atoms with E-state index in [0.29, 0.717) is 23.9 Å². The summed E-state index contributed by atoms with van der Waals surface area (Å²) < 4.78 is 1.73. The van der Waals surface area contributed by atoms with E-state index in [1.807, 2.05) is 42.7 Å². The molecule has 2 aliphatic rings. The standard InChI is InChI=1S/C27H28N6O/c1-17-3-2-4-24-23(17)10-12-26(34)33(24)22-9-11-25(28-16-22)31-20-7-8-21(13-20)32-27-29-14-19(15-30-27)18-5-6-18/h2-4,9-12,14-16,18,20-21H,5-8,13H2,1H3,(H,28,31)(H,29,30,32)/t20-,21-/m0/s1. The Morgan fingerprint density at radius 2 is 1.65 bits per heavy atom. The van der Waals surface area contributed by atoms with Crippen molar-refractivity contribution in [1.29, 1.82) is 0 Å². The molecule has 2 aliphatic carbocycles. The molecule has 0 spiro atoms. The fraction of sp³-hybridized carbons (Fsp3) is 0.333. The van der Waals surface area contributed by atoms with Gasteiger partial charge in [-0.25, -0.2) is 15.0 Å². The highest BCUT2D eigenvalue weighted by atomic mass is 16.1. The number of aryl methyl sites for hydroxylation is 1. The van der Waals surface area contributed by atoms with E-state index in [9.17, 15) is 4.79 Å². The lowest BCUT2D eigenvalue weighted by atomic mass is 10.1. The number of pyridine rings is 2. The zero-order chi connectivity index (χ0) is 23.1. The molecule has 6 rings (SSSR count). The number of anilines is 2. The molecule has 2 fully saturated rings. The zero-order valence-corrected chi connectivity index (χ0v) is 19.2. The molecule has 2 N–H and O–H groups in total. The molecule has 0 radical (unpaired) electrons. The van der Waals surface area contributed by atoms with Crippen LogP contribution in [0.1, 0.15) is 49.1 Å². The zero-order valence-electron chi connectivity index (χ0n) is 19.2. The summed E-state index contributed by atoms with van der Waals surface area (Å²) in [4.78, 5) is 26.3. The Kier molecular flexibility index (Phi) is 5.24. The van der Waals surface area contributed by atoms with Crippen molar-refractivity contribution in [3.05, 3.63) is 82.5 Å². The second kappa shape index (κ2) is 8.56. The molecule has 172 valence electrons. The van der Waals surface area contributed by atoms with Gasteiger partial charge in [-0.2, -0.15) is 0 Å². The van der Waals surface area contributed by atoms with Gasteiger partial charge < -0.3 is 10.6 Å². The highest BCUT2D eigenvalue weighted by molar-refractivity contribution is 5.83. The summed E-state index contributed by atoms with van der Waals surface area (Å²) in [6.07, 6.45) is 11.3. The third-order valence-electron chi connectivity index (χ3n) is 7.00. The van der Waals surface area contributed by atoms with E-state index in [4.69, 9.17) is 0 Å². The van der Waals surface area contributed by atoms with Crippen molar-refractivity contribution in [3.8, 4) is 5.69 Å². The van der Waals surface area contributed by atoms with E-state index >= 15 is 0 Å². The molecular formula is C27H28N6O. The quantitative estimate of drug-likeness (QED) is 0.437. The summed E-state index contributed by atoms with van der Waals surface area (Å²) in [5.41, 5.74) is 4.01. The molecule has 0 saturated heterocycles. The molecule has 0 aliphatic heterocycles. The fourth-order valence-electron chi connectivity index (χ4n) is 4.97. The normalized spacial score (nSPS) is 19.9. The lowest BCUT2D eigenvalue weighted by Gasteiger charge is -2.16. The summed E-state index contributed by atoms with van der Waals surface area (Å²) in [5.74, 6) is 2.22. The smallest absolute Gasteiger partial charge is 0.255 e. The molecule has 7 heteroatoms. The average Bonchev–Trinajstić information content (AvgIpc) is 3.61. The molecule has 7 nitrogen and oxygen atoms in total. The molecular weight excluding hydrogens is 424 g/mol. The van der Waals surface area contributed by atoms with Crippen molar-refractivity contribution in [2.24, 2.45) is 0 Å². The number of aromatic nitrogens is 4. The molecule has 34 heavy (non-hydrogen) atoms. The minimum Gasteiger partial charge on any atom is -0.367 e. The third kappa shape index (κ3) is 4.14. The highest BCUT2D eigenvalue weighted by Crippen LogP contribution is 2.39. The molecule has 0 bridgehead atoms. The summed E-state index contributed by atoms with van der Waals surface area (Å²) in [6.45, 7) is 2.06. The van der Waals surface area contributed by atoms with Gasteiger partial charge in [-0.05, 0) is 80.3 Å². The Balaban J connectivity index is 1.12. The maximum Gasteiger partial charge on any atom is 0.255 e. The number of benzene rings is 1. The van der Waals surface area contributed by atoms with Crippen LogP contribution < -0.4 is 16.2 Å². The first-order chi connectivity index (χ1) is 16.6. The van der Waals surface area contributed by atoms with Crippen LogP contribution in [0.5, 0.6) is 0 Å². The maximum atomic E-state index is 12.7. The lowest BCUT2D eigenvalue weighted by Crippen LogP contribution is -2.22. The van der Waals surface area contributed by atoms with Crippen LogP contribution in [0.15, 0.2) is 65.8 Å². The van der Waals surface area contributed by atoms with Gasteiger partial charge in [0.15, 0.2) is 0 Å². The SMILES string of the molecule is Cc1cccc2c1ccc(=O)n2-c1ccc(N[C@H]2CC[C@H](Nc3ncc(C4CC4)cn3)C2)nc1. The molecule has 3 aromatic heterocycles. The molecule has 0 unspecified atom stereocenters.